The molecule has 4 aromatic rings. The first-order valence-corrected chi connectivity index (χ1v) is 9.30. The minimum atomic E-state index is -0.340. The second kappa shape index (κ2) is 7.72. The quantitative estimate of drug-likeness (QED) is 0.361. The van der Waals surface area contributed by atoms with E-state index in [1.807, 2.05) is 30.3 Å². The number of fused-ring (bicyclic) bond motifs is 1. The van der Waals surface area contributed by atoms with Gasteiger partial charge in [-0.1, -0.05) is 48.5 Å². The highest BCUT2D eigenvalue weighted by Gasteiger charge is 2.19. The van der Waals surface area contributed by atoms with Gasteiger partial charge in [0.25, 0.3) is 5.91 Å². The summed E-state index contributed by atoms with van der Waals surface area (Å²) in [6, 6.07) is 19.9. The lowest BCUT2D eigenvalue weighted by Crippen LogP contribution is -2.18. The summed E-state index contributed by atoms with van der Waals surface area (Å²) in [5.74, 6) is -0.657. The summed E-state index contributed by atoms with van der Waals surface area (Å²) in [7, 11) is 0. The number of nitrogens with one attached hydrogen (secondary N) is 2. The number of aryl methyl sites for hydroxylation is 2. The maximum absolute atomic E-state index is 13.0. The Kier molecular flexibility index (Phi) is 4.96. The molecule has 0 saturated heterocycles. The molecular weight excluding hydrogens is 365 g/mol. The molecule has 0 bridgehead atoms. The minimum Gasteiger partial charge on any atom is -0.350 e. The molecular formula is C24H20FN3O. The van der Waals surface area contributed by atoms with Crippen LogP contribution in [0.5, 0.6) is 0 Å². The number of carbonyl (C=O) groups excluding carboxylic acids is 1. The number of H-pyrrole nitrogens is 1. The molecule has 0 radical (unpaired) electrons. The normalized spacial score (nSPS) is 11.3. The Bertz CT molecular complexity index is 1220. The zero-order valence-corrected chi connectivity index (χ0v) is 16.2. The van der Waals surface area contributed by atoms with Gasteiger partial charge < -0.3 is 4.98 Å². The van der Waals surface area contributed by atoms with Crippen LogP contribution in [0.4, 0.5) is 4.39 Å². The van der Waals surface area contributed by atoms with Gasteiger partial charge in [-0.25, -0.2) is 9.82 Å². The van der Waals surface area contributed by atoms with E-state index in [1.54, 1.807) is 12.1 Å². The molecule has 4 rings (SSSR count). The van der Waals surface area contributed by atoms with Crippen molar-refractivity contribution in [2.24, 2.45) is 5.10 Å². The third kappa shape index (κ3) is 3.80. The van der Waals surface area contributed by atoms with Crippen molar-refractivity contribution < 1.29 is 9.18 Å². The Balaban J connectivity index is 1.70. The van der Waals surface area contributed by atoms with Crippen molar-refractivity contribution in [1.82, 2.24) is 10.4 Å². The molecule has 0 spiro atoms. The number of aromatic nitrogens is 1. The number of hydrazone groups is 1. The van der Waals surface area contributed by atoms with Crippen molar-refractivity contribution in [3.8, 4) is 11.1 Å². The fraction of sp³-hybridized carbons (Fsp3) is 0.0833. The number of hydrogen-bond donors (Lipinski definition) is 2. The second-order valence-corrected chi connectivity index (χ2v) is 6.97. The Hall–Kier alpha value is -3.73. The third-order valence-corrected chi connectivity index (χ3v) is 4.98. The van der Waals surface area contributed by atoms with Crippen LogP contribution in [0.3, 0.4) is 0 Å². The topological polar surface area (TPSA) is 57.2 Å². The standard InChI is InChI=1S/C24H20FN3O/c1-15-7-10-18(13-16(15)2)22-20-5-3-4-6-21(20)27-23(22)24(29)28-26-14-17-8-11-19(25)12-9-17/h3-14,27H,1-2H3,(H,28,29). The Morgan fingerprint density at radius 1 is 1.00 bits per heavy atom. The number of hydrogen-bond acceptors (Lipinski definition) is 2. The van der Waals surface area contributed by atoms with E-state index >= 15 is 0 Å². The molecule has 0 fully saturated rings. The van der Waals surface area contributed by atoms with Crippen LogP contribution in [-0.4, -0.2) is 17.1 Å². The van der Waals surface area contributed by atoms with Gasteiger partial charge in [-0.15, -0.1) is 0 Å². The van der Waals surface area contributed by atoms with E-state index in [0.29, 0.717) is 11.3 Å². The predicted octanol–water partition coefficient (Wildman–Crippen LogP) is 5.35. The predicted molar refractivity (Wildman–Crippen MR) is 115 cm³/mol. The van der Waals surface area contributed by atoms with E-state index < -0.39 is 0 Å². The molecule has 0 aliphatic heterocycles. The van der Waals surface area contributed by atoms with Crippen LogP contribution in [0.15, 0.2) is 71.8 Å². The lowest BCUT2D eigenvalue weighted by Gasteiger charge is -2.07. The number of halogens is 1. The smallest absolute Gasteiger partial charge is 0.288 e. The number of amides is 1. The van der Waals surface area contributed by atoms with E-state index in [0.717, 1.165) is 27.6 Å². The zero-order chi connectivity index (χ0) is 20.4. The molecule has 0 saturated carbocycles. The molecule has 29 heavy (non-hydrogen) atoms. The van der Waals surface area contributed by atoms with Crippen molar-refractivity contribution in [2.45, 2.75) is 13.8 Å². The molecule has 0 atom stereocenters. The van der Waals surface area contributed by atoms with Crippen LogP contribution in [0, 0.1) is 19.7 Å². The van der Waals surface area contributed by atoms with Crippen LogP contribution in [0.25, 0.3) is 22.0 Å². The summed E-state index contributed by atoms with van der Waals surface area (Å²) in [6.07, 6.45) is 1.48. The van der Waals surface area contributed by atoms with Crippen LogP contribution in [0.1, 0.15) is 27.2 Å². The van der Waals surface area contributed by atoms with Gasteiger partial charge in [0, 0.05) is 16.5 Å². The summed E-state index contributed by atoms with van der Waals surface area (Å²) in [4.78, 5) is 16.1. The molecule has 0 unspecified atom stereocenters. The molecule has 2 N–H and O–H groups in total. The fourth-order valence-corrected chi connectivity index (χ4v) is 3.28. The SMILES string of the molecule is Cc1ccc(-c2c(C(=O)NN=Cc3ccc(F)cc3)[nH]c3ccccc23)cc1C. The highest BCUT2D eigenvalue weighted by molar-refractivity contribution is 6.09. The molecule has 1 heterocycles. The van der Waals surface area contributed by atoms with Crippen molar-refractivity contribution in [3.63, 3.8) is 0 Å². The summed E-state index contributed by atoms with van der Waals surface area (Å²) < 4.78 is 13.0. The van der Waals surface area contributed by atoms with E-state index in [1.165, 1.54) is 23.9 Å². The molecule has 5 heteroatoms. The van der Waals surface area contributed by atoms with Crippen LogP contribution in [-0.2, 0) is 0 Å². The molecule has 4 nitrogen and oxygen atoms in total. The average Bonchev–Trinajstić information content (AvgIpc) is 3.11. The Morgan fingerprint density at radius 2 is 1.76 bits per heavy atom. The first-order chi connectivity index (χ1) is 14.0. The highest BCUT2D eigenvalue weighted by Crippen LogP contribution is 2.33. The molecule has 1 amide bonds. The van der Waals surface area contributed by atoms with E-state index in [-0.39, 0.29) is 11.7 Å². The number of nitrogens with zero attached hydrogens (tertiary/aromatic N) is 1. The van der Waals surface area contributed by atoms with Crippen LogP contribution >= 0.6 is 0 Å². The summed E-state index contributed by atoms with van der Waals surface area (Å²) in [6.45, 7) is 4.12. The van der Waals surface area contributed by atoms with E-state index in [9.17, 15) is 9.18 Å². The number of benzene rings is 3. The van der Waals surface area contributed by atoms with Crippen molar-refractivity contribution in [1.29, 1.82) is 0 Å². The summed E-state index contributed by atoms with van der Waals surface area (Å²) in [5.41, 5.74) is 8.76. The second-order valence-electron chi connectivity index (χ2n) is 6.97. The third-order valence-electron chi connectivity index (χ3n) is 4.98. The van der Waals surface area contributed by atoms with Gasteiger partial charge in [0.1, 0.15) is 11.5 Å². The lowest BCUT2D eigenvalue weighted by atomic mass is 9.98. The molecule has 3 aromatic carbocycles. The fourth-order valence-electron chi connectivity index (χ4n) is 3.28. The number of aromatic amines is 1. The van der Waals surface area contributed by atoms with Gasteiger partial charge in [0.15, 0.2) is 0 Å². The van der Waals surface area contributed by atoms with Crippen molar-refractivity contribution in [2.75, 3.05) is 0 Å². The first-order valence-electron chi connectivity index (χ1n) is 9.30. The van der Waals surface area contributed by atoms with Crippen LogP contribution < -0.4 is 5.43 Å². The largest absolute Gasteiger partial charge is 0.350 e. The number of para-hydroxylation sites is 1. The van der Waals surface area contributed by atoms with Crippen molar-refractivity contribution >= 4 is 23.0 Å². The zero-order valence-electron chi connectivity index (χ0n) is 16.2. The minimum absolute atomic E-state index is 0.317. The molecule has 1 aromatic heterocycles. The molecule has 0 aliphatic rings. The summed E-state index contributed by atoms with van der Waals surface area (Å²) >= 11 is 0. The molecule has 0 aliphatic carbocycles. The van der Waals surface area contributed by atoms with E-state index in [4.69, 9.17) is 0 Å². The highest BCUT2D eigenvalue weighted by atomic mass is 19.1. The average molecular weight is 385 g/mol. The molecule has 144 valence electrons. The van der Waals surface area contributed by atoms with Gasteiger partial charge in [-0.05, 0) is 54.3 Å². The van der Waals surface area contributed by atoms with Gasteiger partial charge in [0.05, 0.1) is 6.21 Å². The van der Waals surface area contributed by atoms with Gasteiger partial charge in [-0.3, -0.25) is 4.79 Å². The van der Waals surface area contributed by atoms with Crippen LogP contribution in [0.2, 0.25) is 0 Å². The van der Waals surface area contributed by atoms with Gasteiger partial charge in [0.2, 0.25) is 0 Å². The maximum atomic E-state index is 13.0. The monoisotopic (exact) mass is 385 g/mol. The Labute approximate surface area is 168 Å². The van der Waals surface area contributed by atoms with E-state index in [2.05, 4.69) is 41.5 Å². The Morgan fingerprint density at radius 3 is 2.52 bits per heavy atom. The number of rotatable bonds is 4. The first kappa shape index (κ1) is 18.6. The maximum Gasteiger partial charge on any atom is 0.288 e. The van der Waals surface area contributed by atoms with Gasteiger partial charge in [-0.2, -0.15) is 5.10 Å². The van der Waals surface area contributed by atoms with Gasteiger partial charge >= 0.3 is 0 Å². The summed E-state index contributed by atoms with van der Waals surface area (Å²) in [5, 5.41) is 4.99. The lowest BCUT2D eigenvalue weighted by molar-refractivity contribution is 0.0951. The van der Waals surface area contributed by atoms with Crippen molar-refractivity contribution in [3.05, 3.63) is 94.9 Å². The number of carbonyl (C=O) groups is 1.